The van der Waals surface area contributed by atoms with E-state index in [0.717, 1.165) is 5.56 Å². The molecule has 2 amide bonds. The van der Waals surface area contributed by atoms with Gasteiger partial charge in [0.25, 0.3) is 5.91 Å². The lowest BCUT2D eigenvalue weighted by molar-refractivity contribution is -0.130. The Morgan fingerprint density at radius 1 is 1.38 bits per heavy atom. The second kappa shape index (κ2) is 9.95. The summed E-state index contributed by atoms with van der Waals surface area (Å²) in [6.45, 7) is 10.8. The van der Waals surface area contributed by atoms with Crippen molar-refractivity contribution in [2.75, 3.05) is 18.8 Å². The first-order chi connectivity index (χ1) is 15.8. The Labute approximate surface area is 217 Å². The van der Waals surface area contributed by atoms with Crippen LogP contribution in [0.4, 0.5) is 5.69 Å². The highest BCUT2D eigenvalue weighted by molar-refractivity contribution is 14.1. The zero-order valence-electron chi connectivity index (χ0n) is 19.6. The fourth-order valence-electron chi connectivity index (χ4n) is 3.69. The van der Waals surface area contributed by atoms with Crippen LogP contribution in [0.2, 0.25) is 5.02 Å². The van der Waals surface area contributed by atoms with E-state index in [-0.39, 0.29) is 35.7 Å². The summed E-state index contributed by atoms with van der Waals surface area (Å²) in [5, 5.41) is 15.1. The van der Waals surface area contributed by atoms with Crippen LogP contribution in [0.5, 0.6) is 0 Å². The topological polar surface area (TPSA) is 129 Å². The molecule has 0 aliphatic carbocycles. The van der Waals surface area contributed by atoms with Crippen LogP contribution in [0.15, 0.2) is 24.8 Å². The van der Waals surface area contributed by atoms with Gasteiger partial charge in [0.2, 0.25) is 5.91 Å². The molecular formula is C23H29ClIN7O2. The number of benzene rings is 1. The second-order valence-electron chi connectivity index (χ2n) is 9.24. The first-order valence-corrected chi connectivity index (χ1v) is 12.1. The van der Waals surface area contributed by atoms with Crippen molar-refractivity contribution in [3.05, 3.63) is 56.2 Å². The van der Waals surface area contributed by atoms with Crippen molar-refractivity contribution >= 4 is 57.5 Å². The molecule has 11 heteroatoms. The molecule has 182 valence electrons. The lowest BCUT2D eigenvalue weighted by Crippen LogP contribution is -2.60. The normalized spacial score (nSPS) is 13.9. The van der Waals surface area contributed by atoms with Gasteiger partial charge >= 0.3 is 0 Å². The molecule has 1 saturated heterocycles. The van der Waals surface area contributed by atoms with E-state index < -0.39 is 0 Å². The van der Waals surface area contributed by atoms with Crippen molar-refractivity contribution in [1.29, 1.82) is 5.41 Å². The Kier molecular flexibility index (Phi) is 7.61. The molecule has 0 spiro atoms. The highest BCUT2D eigenvalue weighted by Gasteiger charge is 2.32. The van der Waals surface area contributed by atoms with Crippen LogP contribution >= 0.6 is 34.2 Å². The van der Waals surface area contributed by atoms with Gasteiger partial charge in [0.05, 0.1) is 12.6 Å². The summed E-state index contributed by atoms with van der Waals surface area (Å²) in [6, 6.07) is 3.40. The van der Waals surface area contributed by atoms with Crippen molar-refractivity contribution in [2.45, 2.75) is 38.8 Å². The third kappa shape index (κ3) is 5.38. The summed E-state index contributed by atoms with van der Waals surface area (Å²) in [5.41, 5.74) is 8.23. The van der Waals surface area contributed by atoms with E-state index in [9.17, 15) is 9.59 Å². The van der Waals surface area contributed by atoms with Gasteiger partial charge in [-0.25, -0.2) is 4.98 Å². The van der Waals surface area contributed by atoms with Crippen LogP contribution in [0.25, 0.3) is 0 Å². The van der Waals surface area contributed by atoms with Gasteiger partial charge in [-0.1, -0.05) is 39.0 Å². The summed E-state index contributed by atoms with van der Waals surface area (Å²) in [5.74, 6) is 0.339. The number of nitrogens with two attached hydrogens (primary N) is 1. The maximum atomic E-state index is 12.8. The molecule has 0 atom stereocenters. The van der Waals surface area contributed by atoms with Crippen molar-refractivity contribution in [3.63, 3.8) is 0 Å². The Bertz CT molecular complexity index is 1160. The zero-order chi connectivity index (χ0) is 25.4. The fraction of sp³-hybridized carbons (Fsp3) is 0.391. The number of carbonyl (C=O) groups is 2. The van der Waals surface area contributed by atoms with E-state index in [2.05, 4.69) is 22.2 Å². The summed E-state index contributed by atoms with van der Waals surface area (Å²) in [6.07, 6.45) is 1.26. The summed E-state index contributed by atoms with van der Waals surface area (Å²) in [7, 11) is 1.76. The molecule has 5 N–H and O–H groups in total. The quantitative estimate of drug-likeness (QED) is 0.134. The molecule has 3 rings (SSSR count). The van der Waals surface area contributed by atoms with Crippen molar-refractivity contribution in [3.8, 4) is 0 Å². The van der Waals surface area contributed by atoms with Crippen molar-refractivity contribution in [2.24, 2.45) is 7.05 Å². The number of amides is 2. The van der Waals surface area contributed by atoms with Gasteiger partial charge in [-0.15, -0.1) is 0 Å². The lowest BCUT2D eigenvalue weighted by Gasteiger charge is -2.38. The molecule has 34 heavy (non-hydrogen) atoms. The maximum absolute atomic E-state index is 12.8. The Balaban J connectivity index is 1.68. The Hall–Kier alpha value is -2.60. The van der Waals surface area contributed by atoms with Crippen LogP contribution in [0.3, 0.4) is 0 Å². The van der Waals surface area contributed by atoms with Crippen molar-refractivity contribution in [1.82, 2.24) is 25.1 Å². The number of rotatable bonds is 6. The average Bonchev–Trinajstić information content (AvgIpc) is 3.00. The standard InChI is InChI=1S/C23H29ClIN7O2/c1-6-18(33)32-10-12(11-32)29-22(34)19-20(25)30-17(31(19)5)9-28-21(27)13-7-14(23(2,3)4)15(24)8-16(13)26/h6-8,12H,1,9-11,26H2,2-5H3,(H2,27,28)(H,29,34). The maximum Gasteiger partial charge on any atom is 0.271 e. The Morgan fingerprint density at radius 2 is 2.03 bits per heavy atom. The lowest BCUT2D eigenvalue weighted by atomic mass is 9.85. The van der Waals surface area contributed by atoms with E-state index in [4.69, 9.17) is 22.7 Å². The smallest absolute Gasteiger partial charge is 0.271 e. The largest absolute Gasteiger partial charge is 0.398 e. The third-order valence-electron chi connectivity index (χ3n) is 5.70. The van der Waals surface area contributed by atoms with Gasteiger partial charge in [-0.2, -0.15) is 0 Å². The number of hydrogen-bond donors (Lipinski definition) is 4. The minimum atomic E-state index is -0.256. The SMILES string of the molecule is C=CC(=O)N1CC(NC(=O)c2c(I)nc(CNC(=N)c3cc(C(C)(C)C)c(Cl)cc3N)n2C)C1. The molecule has 1 aliphatic heterocycles. The predicted octanol–water partition coefficient (Wildman–Crippen LogP) is 2.80. The number of amidine groups is 1. The van der Waals surface area contributed by atoms with Crippen LogP contribution in [-0.2, 0) is 23.8 Å². The molecular weight excluding hydrogens is 569 g/mol. The van der Waals surface area contributed by atoms with Crippen LogP contribution in [0, 0.1) is 9.11 Å². The molecule has 0 saturated carbocycles. The molecule has 0 radical (unpaired) electrons. The van der Waals surface area contributed by atoms with E-state index in [1.54, 1.807) is 22.6 Å². The number of nitrogens with zero attached hydrogens (tertiary/aromatic N) is 3. The number of anilines is 1. The predicted molar refractivity (Wildman–Crippen MR) is 142 cm³/mol. The molecule has 9 nitrogen and oxygen atoms in total. The van der Waals surface area contributed by atoms with E-state index in [1.165, 1.54) is 6.08 Å². The van der Waals surface area contributed by atoms with Gasteiger partial charge in [0.15, 0.2) is 0 Å². The van der Waals surface area contributed by atoms with Gasteiger partial charge in [-0.3, -0.25) is 15.0 Å². The van der Waals surface area contributed by atoms with E-state index in [0.29, 0.717) is 44.6 Å². The molecule has 2 aromatic rings. The van der Waals surface area contributed by atoms with Crippen LogP contribution in [-0.4, -0.2) is 51.2 Å². The number of carbonyl (C=O) groups excluding carboxylic acids is 2. The van der Waals surface area contributed by atoms with Crippen molar-refractivity contribution < 1.29 is 9.59 Å². The second-order valence-corrected chi connectivity index (χ2v) is 10.7. The number of aromatic nitrogens is 2. The summed E-state index contributed by atoms with van der Waals surface area (Å²) < 4.78 is 2.26. The van der Waals surface area contributed by atoms with Gasteiger partial charge in [0, 0.05) is 36.4 Å². The summed E-state index contributed by atoms with van der Waals surface area (Å²) >= 11 is 8.39. The first-order valence-electron chi connectivity index (χ1n) is 10.7. The Morgan fingerprint density at radius 3 is 2.62 bits per heavy atom. The highest BCUT2D eigenvalue weighted by Crippen LogP contribution is 2.33. The van der Waals surface area contributed by atoms with Gasteiger partial charge in [0.1, 0.15) is 21.1 Å². The molecule has 0 unspecified atom stereocenters. The minimum Gasteiger partial charge on any atom is -0.398 e. The molecule has 2 heterocycles. The van der Waals surface area contributed by atoms with E-state index >= 15 is 0 Å². The zero-order valence-corrected chi connectivity index (χ0v) is 22.5. The molecule has 1 aromatic heterocycles. The molecule has 1 aliphatic rings. The third-order valence-corrected chi connectivity index (χ3v) is 6.77. The number of nitrogens with one attached hydrogen (secondary N) is 3. The molecule has 1 fully saturated rings. The number of likely N-dealkylation sites (tertiary alicyclic amines) is 1. The van der Waals surface area contributed by atoms with E-state index in [1.807, 2.05) is 49.4 Å². The van der Waals surface area contributed by atoms with Crippen LogP contribution < -0.4 is 16.4 Å². The number of hydrogen-bond acceptors (Lipinski definition) is 5. The van der Waals surface area contributed by atoms with Gasteiger partial charge in [-0.05, 0) is 51.8 Å². The van der Waals surface area contributed by atoms with Gasteiger partial charge < -0.3 is 25.8 Å². The first kappa shape index (κ1) is 26.0. The van der Waals surface area contributed by atoms with Crippen LogP contribution in [0.1, 0.15) is 48.2 Å². The molecule has 1 aromatic carbocycles. The monoisotopic (exact) mass is 597 g/mol. The number of nitrogen functional groups attached to an aromatic ring is 1. The number of imidazole rings is 1. The highest BCUT2D eigenvalue weighted by atomic mass is 127. The number of halogens is 2. The average molecular weight is 598 g/mol. The minimum absolute atomic E-state index is 0.109. The molecule has 0 bridgehead atoms. The fourth-order valence-corrected chi connectivity index (χ4v) is 5.03. The summed E-state index contributed by atoms with van der Waals surface area (Å²) in [4.78, 5) is 30.5.